The highest BCUT2D eigenvalue weighted by atomic mass is 35.5. The molecule has 14 heavy (non-hydrogen) atoms. The maximum absolute atomic E-state index is 5.86. The van der Waals surface area contributed by atoms with Crippen molar-refractivity contribution in [1.82, 2.24) is 4.98 Å². The summed E-state index contributed by atoms with van der Waals surface area (Å²) in [7, 11) is 0. The molecule has 0 unspecified atom stereocenters. The minimum absolute atomic E-state index is 0.574. The third-order valence-electron chi connectivity index (χ3n) is 2.00. The molecule has 4 heteroatoms. The van der Waals surface area contributed by atoms with E-state index in [-0.39, 0.29) is 0 Å². The van der Waals surface area contributed by atoms with E-state index in [9.17, 15) is 0 Å². The summed E-state index contributed by atoms with van der Waals surface area (Å²) >= 11 is 9.26. The summed E-state index contributed by atoms with van der Waals surface area (Å²) in [6.07, 6.45) is 0.961. The number of aryl methyl sites for hydroxylation is 1. The van der Waals surface area contributed by atoms with Crippen LogP contribution >= 0.6 is 34.3 Å². The minimum atomic E-state index is 0.574. The Morgan fingerprint density at radius 1 is 1.50 bits per heavy atom. The summed E-state index contributed by atoms with van der Waals surface area (Å²) in [4.78, 5) is 5.79. The van der Waals surface area contributed by atoms with E-state index < -0.39 is 0 Å². The van der Waals surface area contributed by atoms with E-state index >= 15 is 0 Å². The van der Waals surface area contributed by atoms with Gasteiger partial charge in [0.15, 0.2) is 0 Å². The fourth-order valence-electron chi connectivity index (χ4n) is 1.27. The van der Waals surface area contributed by atoms with Crippen molar-refractivity contribution in [1.29, 1.82) is 0 Å². The quantitative estimate of drug-likeness (QED) is 0.738. The molecule has 0 radical (unpaired) electrons. The van der Waals surface area contributed by atoms with Crippen LogP contribution in [0.15, 0.2) is 16.8 Å². The number of halogens is 1. The number of hydrogen-bond acceptors (Lipinski definition) is 3. The van der Waals surface area contributed by atoms with Crippen LogP contribution in [0.3, 0.4) is 0 Å². The van der Waals surface area contributed by atoms with Gasteiger partial charge in [-0.3, -0.25) is 0 Å². The molecule has 74 valence electrons. The van der Waals surface area contributed by atoms with Crippen LogP contribution in [-0.2, 0) is 12.3 Å². The largest absolute Gasteiger partial charge is 0.241 e. The number of aromatic nitrogens is 1. The van der Waals surface area contributed by atoms with Crippen LogP contribution in [0.5, 0.6) is 0 Å². The first-order valence-corrected chi connectivity index (χ1v) is 6.71. The van der Waals surface area contributed by atoms with Crippen molar-refractivity contribution in [2.75, 3.05) is 0 Å². The van der Waals surface area contributed by atoms with Gasteiger partial charge in [-0.15, -0.1) is 22.9 Å². The lowest BCUT2D eigenvalue weighted by Gasteiger charge is -1.89. The maximum Gasteiger partial charge on any atom is 0.124 e. The monoisotopic (exact) mass is 243 g/mol. The van der Waals surface area contributed by atoms with Gasteiger partial charge >= 0.3 is 0 Å². The fourth-order valence-corrected chi connectivity index (χ4v) is 3.30. The first-order chi connectivity index (χ1) is 6.85. The lowest BCUT2D eigenvalue weighted by Crippen LogP contribution is -1.84. The van der Waals surface area contributed by atoms with Crippen LogP contribution in [0.25, 0.3) is 10.6 Å². The molecule has 2 heterocycles. The topological polar surface area (TPSA) is 12.9 Å². The summed E-state index contributed by atoms with van der Waals surface area (Å²) in [5.41, 5.74) is 2.36. The van der Waals surface area contributed by atoms with E-state index in [1.54, 1.807) is 22.7 Å². The zero-order chi connectivity index (χ0) is 9.97. The van der Waals surface area contributed by atoms with Gasteiger partial charge in [0, 0.05) is 15.8 Å². The third-order valence-corrected chi connectivity index (χ3v) is 4.26. The highest BCUT2D eigenvalue weighted by molar-refractivity contribution is 7.16. The molecule has 0 atom stereocenters. The molecular formula is C10H10ClNS2. The molecule has 0 aromatic carbocycles. The average molecular weight is 244 g/mol. The Morgan fingerprint density at radius 3 is 2.86 bits per heavy atom. The van der Waals surface area contributed by atoms with Gasteiger partial charge in [-0.1, -0.05) is 6.92 Å². The number of thiazole rings is 1. The number of alkyl halides is 1. The zero-order valence-electron chi connectivity index (χ0n) is 7.79. The Morgan fingerprint density at radius 2 is 2.36 bits per heavy atom. The smallest absolute Gasteiger partial charge is 0.124 e. The Balaban J connectivity index is 2.41. The normalized spacial score (nSPS) is 10.7. The molecule has 0 aliphatic rings. The van der Waals surface area contributed by atoms with Crippen molar-refractivity contribution >= 4 is 34.3 Å². The molecule has 0 aliphatic heterocycles. The number of nitrogens with zero attached hydrogens (tertiary/aromatic N) is 1. The molecule has 0 aliphatic carbocycles. The molecule has 0 saturated heterocycles. The van der Waals surface area contributed by atoms with Crippen LogP contribution in [0.2, 0.25) is 0 Å². The van der Waals surface area contributed by atoms with E-state index in [0.717, 1.165) is 17.1 Å². The van der Waals surface area contributed by atoms with Crippen LogP contribution in [0.4, 0.5) is 0 Å². The molecule has 0 spiro atoms. The highest BCUT2D eigenvalue weighted by Crippen LogP contribution is 2.30. The Hall–Kier alpha value is -0.380. The molecular weight excluding hydrogens is 234 g/mol. The van der Waals surface area contributed by atoms with Gasteiger partial charge < -0.3 is 0 Å². The molecule has 1 nitrogen and oxygen atoms in total. The summed E-state index contributed by atoms with van der Waals surface area (Å²) < 4.78 is 0. The van der Waals surface area contributed by atoms with Crippen LogP contribution in [-0.4, -0.2) is 4.98 Å². The van der Waals surface area contributed by atoms with Crippen LogP contribution in [0.1, 0.15) is 17.5 Å². The highest BCUT2D eigenvalue weighted by Gasteiger charge is 2.10. The fraction of sp³-hybridized carbons (Fsp3) is 0.300. The lowest BCUT2D eigenvalue weighted by atomic mass is 10.3. The first-order valence-electron chi connectivity index (χ1n) is 4.42. The van der Waals surface area contributed by atoms with Gasteiger partial charge in [0.2, 0.25) is 0 Å². The molecule has 0 saturated carbocycles. The van der Waals surface area contributed by atoms with Gasteiger partial charge in [0.25, 0.3) is 0 Å². The van der Waals surface area contributed by atoms with E-state index in [0.29, 0.717) is 5.88 Å². The van der Waals surface area contributed by atoms with Crippen molar-refractivity contribution in [2.24, 2.45) is 0 Å². The second-order valence-corrected chi connectivity index (χ2v) is 5.02. The number of thiophene rings is 1. The summed E-state index contributed by atoms with van der Waals surface area (Å²) in [5, 5.41) is 5.29. The number of rotatable bonds is 3. The maximum atomic E-state index is 5.86. The SMILES string of the molecule is CCc1nc(-c2ccsc2)sc1CCl. The summed E-state index contributed by atoms with van der Waals surface area (Å²) in [6, 6.07) is 2.10. The molecule has 0 fully saturated rings. The average Bonchev–Trinajstić information content (AvgIpc) is 2.85. The summed E-state index contributed by atoms with van der Waals surface area (Å²) in [6.45, 7) is 2.11. The Labute approximate surface area is 96.4 Å². The second-order valence-electron chi connectivity index (χ2n) is 2.89. The second kappa shape index (κ2) is 4.43. The van der Waals surface area contributed by atoms with Crippen molar-refractivity contribution in [3.8, 4) is 10.6 Å². The molecule has 2 aromatic rings. The van der Waals surface area contributed by atoms with E-state index in [1.807, 2.05) is 0 Å². The lowest BCUT2D eigenvalue weighted by molar-refractivity contribution is 1.04. The van der Waals surface area contributed by atoms with E-state index in [1.165, 1.54) is 10.4 Å². The zero-order valence-corrected chi connectivity index (χ0v) is 10.2. The van der Waals surface area contributed by atoms with E-state index in [4.69, 9.17) is 11.6 Å². The predicted molar refractivity (Wildman–Crippen MR) is 64.4 cm³/mol. The Bertz CT molecular complexity index is 384. The third kappa shape index (κ3) is 1.85. The molecule has 2 aromatic heterocycles. The van der Waals surface area contributed by atoms with Crippen LogP contribution < -0.4 is 0 Å². The molecule has 2 rings (SSSR count). The van der Waals surface area contributed by atoms with Crippen molar-refractivity contribution in [2.45, 2.75) is 19.2 Å². The van der Waals surface area contributed by atoms with Gasteiger partial charge in [0.05, 0.1) is 11.6 Å². The van der Waals surface area contributed by atoms with Crippen molar-refractivity contribution < 1.29 is 0 Å². The van der Waals surface area contributed by atoms with Crippen LogP contribution in [0, 0.1) is 0 Å². The molecule has 0 N–H and O–H groups in total. The van der Waals surface area contributed by atoms with Gasteiger partial charge in [-0.25, -0.2) is 4.98 Å². The number of hydrogen-bond donors (Lipinski definition) is 0. The predicted octanol–water partition coefficient (Wildman–Crippen LogP) is 4.17. The van der Waals surface area contributed by atoms with E-state index in [2.05, 4.69) is 28.7 Å². The first kappa shape index (κ1) is 10.1. The standard InChI is InChI=1S/C10H10ClNS2/c1-2-8-9(5-11)14-10(12-8)7-3-4-13-6-7/h3-4,6H,2,5H2,1H3. The van der Waals surface area contributed by atoms with Crippen molar-refractivity contribution in [3.05, 3.63) is 27.4 Å². The van der Waals surface area contributed by atoms with Gasteiger partial charge in [-0.2, -0.15) is 11.3 Å². The Kier molecular flexibility index (Phi) is 3.21. The molecule has 0 bridgehead atoms. The van der Waals surface area contributed by atoms with Gasteiger partial charge in [0.1, 0.15) is 5.01 Å². The van der Waals surface area contributed by atoms with Gasteiger partial charge in [-0.05, 0) is 17.9 Å². The minimum Gasteiger partial charge on any atom is -0.241 e. The molecule has 0 amide bonds. The summed E-state index contributed by atoms with van der Waals surface area (Å²) in [5.74, 6) is 0.574. The van der Waals surface area contributed by atoms with Crippen molar-refractivity contribution in [3.63, 3.8) is 0 Å².